The number of alkyl halides is 3. The number of carbonyl (C=O) groups is 1. The minimum absolute atomic E-state index is 0.0259. The number of nitrogens with one attached hydrogen (secondary N) is 1. The number of nitrogens with zero attached hydrogens (tertiary/aromatic N) is 2. The highest BCUT2D eigenvalue weighted by molar-refractivity contribution is 5.94. The summed E-state index contributed by atoms with van der Waals surface area (Å²) in [7, 11) is 0. The summed E-state index contributed by atoms with van der Waals surface area (Å²) in [4.78, 5) is 16.5. The van der Waals surface area contributed by atoms with Crippen LogP contribution in [0.3, 0.4) is 0 Å². The fourth-order valence-corrected chi connectivity index (χ4v) is 2.77. The van der Waals surface area contributed by atoms with Crippen molar-refractivity contribution in [2.24, 2.45) is 0 Å². The summed E-state index contributed by atoms with van der Waals surface area (Å²) in [5.74, 6) is -1.58. The van der Waals surface area contributed by atoms with Gasteiger partial charge in [0.25, 0.3) is 5.91 Å². The van der Waals surface area contributed by atoms with Crippen LogP contribution in [0.15, 0.2) is 42.6 Å². The van der Waals surface area contributed by atoms with Crippen LogP contribution in [-0.4, -0.2) is 33.6 Å². The lowest BCUT2D eigenvalue weighted by atomic mass is 10.1. The lowest BCUT2D eigenvalue weighted by Gasteiger charge is -2.19. The van der Waals surface area contributed by atoms with Gasteiger partial charge in [-0.05, 0) is 39.0 Å². The largest absolute Gasteiger partial charge is 0.483 e. The average Bonchev–Trinajstić information content (AvgIpc) is 2.95. The molecule has 2 aromatic heterocycles. The van der Waals surface area contributed by atoms with Gasteiger partial charge in [0.1, 0.15) is 11.4 Å². The number of ether oxygens (including phenoxy) is 1. The van der Waals surface area contributed by atoms with Crippen LogP contribution in [-0.2, 0) is 0 Å². The molecule has 0 fully saturated rings. The van der Waals surface area contributed by atoms with Crippen LogP contribution in [0.4, 0.5) is 17.6 Å². The molecule has 0 saturated heterocycles. The molecule has 0 unspecified atom stereocenters. The molecule has 2 heterocycles. The zero-order chi connectivity index (χ0) is 21.4. The van der Waals surface area contributed by atoms with Gasteiger partial charge >= 0.3 is 6.18 Å². The van der Waals surface area contributed by atoms with Gasteiger partial charge in [-0.25, -0.2) is 4.98 Å². The van der Waals surface area contributed by atoms with Crippen molar-refractivity contribution in [2.45, 2.75) is 32.5 Å². The standard InChI is InChI=1S/C20H19F4N3O2/c1-19(2,3)26-18(28)15-16(21)27-10-6-8-13(17(27)25-15)12-7-4-5-9-14(12)29-11-20(22,23)24/h4-10H,11H2,1-3H3,(H,26,28). The third kappa shape index (κ3) is 4.67. The fraction of sp³-hybridized carbons (Fsp3) is 0.300. The topological polar surface area (TPSA) is 55.6 Å². The zero-order valence-electron chi connectivity index (χ0n) is 16.0. The Morgan fingerprint density at radius 3 is 2.41 bits per heavy atom. The Hall–Kier alpha value is -3.10. The predicted octanol–water partition coefficient (Wildman–Crippen LogP) is 4.61. The van der Waals surface area contributed by atoms with Gasteiger partial charge in [0.2, 0.25) is 5.95 Å². The highest BCUT2D eigenvalue weighted by atomic mass is 19.4. The van der Waals surface area contributed by atoms with E-state index in [1.54, 1.807) is 39.0 Å². The van der Waals surface area contributed by atoms with Gasteiger partial charge in [0.05, 0.1) is 0 Å². The van der Waals surface area contributed by atoms with Crippen molar-refractivity contribution in [1.82, 2.24) is 14.7 Å². The molecule has 3 aromatic rings. The fourth-order valence-electron chi connectivity index (χ4n) is 2.77. The maximum atomic E-state index is 14.8. The lowest BCUT2D eigenvalue weighted by Crippen LogP contribution is -2.41. The van der Waals surface area contributed by atoms with Gasteiger partial charge in [-0.15, -0.1) is 0 Å². The first-order valence-corrected chi connectivity index (χ1v) is 8.74. The number of benzene rings is 1. The minimum Gasteiger partial charge on any atom is -0.483 e. The smallest absolute Gasteiger partial charge is 0.422 e. The Balaban J connectivity index is 2.08. The molecular weight excluding hydrogens is 390 g/mol. The number of aromatic nitrogens is 2. The number of pyridine rings is 1. The van der Waals surface area contributed by atoms with Crippen LogP contribution >= 0.6 is 0 Å². The summed E-state index contributed by atoms with van der Waals surface area (Å²) < 4.78 is 58.5. The highest BCUT2D eigenvalue weighted by Gasteiger charge is 2.29. The number of fused-ring (bicyclic) bond motifs is 1. The maximum absolute atomic E-state index is 14.8. The Kier molecular flexibility index (Phi) is 5.25. The van der Waals surface area contributed by atoms with Gasteiger partial charge in [-0.2, -0.15) is 17.6 Å². The summed E-state index contributed by atoms with van der Waals surface area (Å²) in [5, 5.41) is 2.64. The number of amides is 1. The minimum atomic E-state index is -4.50. The van der Waals surface area contributed by atoms with Gasteiger partial charge < -0.3 is 10.1 Å². The van der Waals surface area contributed by atoms with E-state index in [0.717, 1.165) is 4.40 Å². The van der Waals surface area contributed by atoms with Crippen LogP contribution in [0.1, 0.15) is 31.3 Å². The quantitative estimate of drug-likeness (QED) is 0.641. The Bertz CT molecular complexity index is 1050. The van der Waals surface area contributed by atoms with Crippen molar-refractivity contribution in [1.29, 1.82) is 0 Å². The zero-order valence-corrected chi connectivity index (χ0v) is 16.0. The Morgan fingerprint density at radius 2 is 1.76 bits per heavy atom. The van der Waals surface area contributed by atoms with E-state index in [2.05, 4.69) is 10.3 Å². The molecule has 0 spiro atoms. The molecule has 5 nitrogen and oxygen atoms in total. The van der Waals surface area contributed by atoms with Gasteiger partial charge in [0.15, 0.2) is 12.3 Å². The van der Waals surface area contributed by atoms with Crippen molar-refractivity contribution >= 4 is 11.6 Å². The molecule has 29 heavy (non-hydrogen) atoms. The summed E-state index contributed by atoms with van der Waals surface area (Å²) in [5.41, 5.74) is -0.275. The predicted molar refractivity (Wildman–Crippen MR) is 99.4 cm³/mol. The molecule has 154 valence electrons. The summed E-state index contributed by atoms with van der Waals surface area (Å²) in [6.45, 7) is 3.78. The number of imidazole rings is 1. The third-order valence-electron chi connectivity index (χ3n) is 3.86. The van der Waals surface area contributed by atoms with Crippen LogP contribution in [0.2, 0.25) is 0 Å². The molecule has 1 aromatic carbocycles. The number of para-hydroxylation sites is 1. The molecule has 0 atom stereocenters. The monoisotopic (exact) mass is 409 g/mol. The Labute approximate surface area is 164 Å². The Morgan fingerprint density at radius 1 is 1.10 bits per heavy atom. The molecule has 0 aliphatic rings. The molecule has 1 N–H and O–H groups in total. The molecule has 3 rings (SSSR count). The van der Waals surface area contributed by atoms with E-state index in [-0.39, 0.29) is 11.4 Å². The summed E-state index contributed by atoms with van der Waals surface area (Å²) in [6.07, 6.45) is -3.12. The van der Waals surface area contributed by atoms with Crippen LogP contribution in [0.5, 0.6) is 5.75 Å². The highest BCUT2D eigenvalue weighted by Crippen LogP contribution is 2.34. The molecule has 0 aliphatic carbocycles. The summed E-state index contributed by atoms with van der Waals surface area (Å²) >= 11 is 0. The molecule has 0 bridgehead atoms. The van der Waals surface area contributed by atoms with E-state index < -0.39 is 35.9 Å². The first-order chi connectivity index (χ1) is 13.5. The van der Waals surface area contributed by atoms with Crippen molar-refractivity contribution in [3.63, 3.8) is 0 Å². The molecule has 0 radical (unpaired) electrons. The van der Waals surface area contributed by atoms with Gasteiger partial charge in [-0.3, -0.25) is 9.20 Å². The van der Waals surface area contributed by atoms with E-state index in [1.807, 2.05) is 0 Å². The normalized spacial score (nSPS) is 12.2. The van der Waals surface area contributed by atoms with E-state index in [4.69, 9.17) is 4.74 Å². The van der Waals surface area contributed by atoms with E-state index in [1.165, 1.54) is 24.4 Å². The van der Waals surface area contributed by atoms with E-state index >= 15 is 0 Å². The van der Waals surface area contributed by atoms with Gasteiger partial charge in [-0.1, -0.05) is 18.2 Å². The molecular formula is C20H19F4N3O2. The van der Waals surface area contributed by atoms with Crippen LogP contribution in [0.25, 0.3) is 16.8 Å². The van der Waals surface area contributed by atoms with E-state index in [9.17, 15) is 22.4 Å². The van der Waals surface area contributed by atoms with Gasteiger partial charge in [0, 0.05) is 22.9 Å². The molecule has 0 saturated carbocycles. The second-order valence-electron chi connectivity index (χ2n) is 7.47. The SMILES string of the molecule is CC(C)(C)NC(=O)c1nc2c(-c3ccccc3OCC(F)(F)F)cccn2c1F. The average molecular weight is 409 g/mol. The number of carbonyl (C=O) groups excluding carboxylic acids is 1. The second kappa shape index (κ2) is 7.38. The number of halogens is 4. The molecule has 9 heteroatoms. The molecule has 0 aliphatic heterocycles. The van der Waals surface area contributed by atoms with E-state index in [0.29, 0.717) is 11.1 Å². The van der Waals surface area contributed by atoms with Crippen LogP contribution < -0.4 is 10.1 Å². The first-order valence-electron chi connectivity index (χ1n) is 8.74. The van der Waals surface area contributed by atoms with Crippen molar-refractivity contribution < 1.29 is 27.1 Å². The number of hydrogen-bond donors (Lipinski definition) is 1. The first kappa shape index (κ1) is 20.6. The summed E-state index contributed by atoms with van der Waals surface area (Å²) in [6, 6.07) is 9.16. The van der Waals surface area contributed by atoms with Crippen molar-refractivity contribution in [2.75, 3.05) is 6.61 Å². The second-order valence-corrected chi connectivity index (χ2v) is 7.47. The number of rotatable bonds is 4. The number of hydrogen-bond acceptors (Lipinski definition) is 3. The van der Waals surface area contributed by atoms with Crippen molar-refractivity contribution in [3.8, 4) is 16.9 Å². The lowest BCUT2D eigenvalue weighted by molar-refractivity contribution is -0.153. The third-order valence-corrected chi connectivity index (χ3v) is 3.86. The van der Waals surface area contributed by atoms with Crippen molar-refractivity contribution in [3.05, 3.63) is 54.2 Å². The maximum Gasteiger partial charge on any atom is 0.422 e. The molecule has 1 amide bonds. The van der Waals surface area contributed by atoms with Crippen LogP contribution in [0, 0.1) is 5.95 Å².